The number of amides is 1. The van der Waals surface area contributed by atoms with Crippen LogP contribution in [0.3, 0.4) is 0 Å². The number of alkyl halides is 3. The summed E-state index contributed by atoms with van der Waals surface area (Å²) in [5.41, 5.74) is 0.908. The van der Waals surface area contributed by atoms with Crippen molar-refractivity contribution in [2.75, 3.05) is 6.54 Å². The lowest BCUT2D eigenvalue weighted by atomic mass is 10.2. The number of hydrogen-bond donors (Lipinski definition) is 1. The number of halogens is 4. The molecule has 10 heteroatoms. The fraction of sp³-hybridized carbons (Fsp3) is 0.562. The second kappa shape index (κ2) is 7.05. The summed E-state index contributed by atoms with van der Waals surface area (Å²) in [6.07, 6.45) is -2.17. The molecular formula is C16H19BrF3N5O. The molecule has 26 heavy (non-hydrogen) atoms. The first-order chi connectivity index (χ1) is 12.2. The van der Waals surface area contributed by atoms with Crippen molar-refractivity contribution >= 4 is 21.8 Å². The van der Waals surface area contributed by atoms with Gasteiger partial charge < -0.3 is 5.32 Å². The molecule has 2 heterocycles. The standard InChI is InChI=1S/C16H19BrF3N5O/c1-9-13(17)14(23-24(9)2)15(26)21-6-3-7-25-11(10-4-5-10)8-12(22-25)16(18,19)20/h8,10H,3-7H2,1-2H3,(H,21,26). The minimum atomic E-state index is -4.44. The van der Waals surface area contributed by atoms with Crippen LogP contribution in [0.15, 0.2) is 10.5 Å². The summed E-state index contributed by atoms with van der Waals surface area (Å²) in [7, 11) is 1.74. The Morgan fingerprint density at radius 1 is 1.38 bits per heavy atom. The van der Waals surface area contributed by atoms with Gasteiger partial charge in [0, 0.05) is 31.7 Å². The zero-order valence-corrected chi connectivity index (χ0v) is 16.0. The molecule has 0 aliphatic heterocycles. The topological polar surface area (TPSA) is 64.7 Å². The molecule has 1 aliphatic rings. The molecule has 0 saturated heterocycles. The van der Waals surface area contributed by atoms with Crippen molar-refractivity contribution in [3.05, 3.63) is 33.3 Å². The van der Waals surface area contributed by atoms with Crippen LogP contribution in [0.2, 0.25) is 0 Å². The van der Waals surface area contributed by atoms with Gasteiger partial charge in [0.2, 0.25) is 0 Å². The maximum Gasteiger partial charge on any atom is 0.435 e. The van der Waals surface area contributed by atoms with Crippen molar-refractivity contribution in [3.8, 4) is 0 Å². The fourth-order valence-corrected chi connectivity index (χ4v) is 3.21. The number of carbonyl (C=O) groups is 1. The lowest BCUT2D eigenvalue weighted by Crippen LogP contribution is -2.26. The second-order valence-corrected chi connectivity index (χ2v) is 7.22. The van der Waals surface area contributed by atoms with Gasteiger partial charge in [-0.1, -0.05) is 0 Å². The van der Waals surface area contributed by atoms with Gasteiger partial charge in [-0.2, -0.15) is 23.4 Å². The van der Waals surface area contributed by atoms with E-state index in [1.165, 1.54) is 4.68 Å². The largest absolute Gasteiger partial charge is 0.435 e. The van der Waals surface area contributed by atoms with Crippen molar-refractivity contribution in [2.24, 2.45) is 7.05 Å². The molecule has 0 aromatic carbocycles. The molecule has 0 atom stereocenters. The molecule has 142 valence electrons. The van der Waals surface area contributed by atoms with Crippen LogP contribution in [0.25, 0.3) is 0 Å². The van der Waals surface area contributed by atoms with E-state index in [4.69, 9.17) is 0 Å². The van der Waals surface area contributed by atoms with E-state index in [0.29, 0.717) is 35.4 Å². The number of nitrogens with zero attached hydrogens (tertiary/aromatic N) is 4. The highest BCUT2D eigenvalue weighted by Gasteiger charge is 2.37. The van der Waals surface area contributed by atoms with Crippen molar-refractivity contribution in [1.29, 1.82) is 0 Å². The zero-order valence-electron chi connectivity index (χ0n) is 14.4. The van der Waals surface area contributed by atoms with Crippen molar-refractivity contribution in [1.82, 2.24) is 24.9 Å². The first-order valence-electron chi connectivity index (χ1n) is 8.30. The van der Waals surface area contributed by atoms with Crippen LogP contribution in [0.1, 0.15) is 52.8 Å². The highest BCUT2D eigenvalue weighted by Crippen LogP contribution is 2.42. The van der Waals surface area contributed by atoms with Crippen molar-refractivity contribution < 1.29 is 18.0 Å². The van der Waals surface area contributed by atoms with Gasteiger partial charge in [-0.05, 0) is 48.2 Å². The number of nitrogens with one attached hydrogen (secondary N) is 1. The highest BCUT2D eigenvalue weighted by atomic mass is 79.9. The molecule has 3 rings (SSSR count). The molecule has 1 N–H and O–H groups in total. The maximum absolute atomic E-state index is 12.9. The third kappa shape index (κ3) is 3.94. The van der Waals surface area contributed by atoms with E-state index in [0.717, 1.165) is 24.6 Å². The summed E-state index contributed by atoms with van der Waals surface area (Å²) in [6, 6.07) is 1.14. The van der Waals surface area contributed by atoms with Crippen molar-refractivity contribution in [3.63, 3.8) is 0 Å². The van der Waals surface area contributed by atoms with Crippen LogP contribution in [-0.2, 0) is 19.8 Å². The average molecular weight is 434 g/mol. The van der Waals surface area contributed by atoms with Gasteiger partial charge in [0.1, 0.15) is 0 Å². The van der Waals surface area contributed by atoms with Gasteiger partial charge in [-0.15, -0.1) is 0 Å². The summed E-state index contributed by atoms with van der Waals surface area (Å²) >= 11 is 3.34. The Morgan fingerprint density at radius 3 is 2.62 bits per heavy atom. The third-order valence-corrected chi connectivity index (χ3v) is 5.35. The number of rotatable bonds is 6. The molecule has 0 radical (unpaired) electrons. The van der Waals surface area contributed by atoms with Crippen molar-refractivity contribution in [2.45, 2.75) is 44.8 Å². The Kier molecular flexibility index (Phi) is 5.14. The molecule has 1 fully saturated rings. The average Bonchev–Trinajstić information content (AvgIpc) is 3.27. The predicted molar refractivity (Wildman–Crippen MR) is 91.8 cm³/mol. The molecule has 6 nitrogen and oxygen atoms in total. The lowest BCUT2D eigenvalue weighted by molar-refractivity contribution is -0.141. The van der Waals surface area contributed by atoms with E-state index >= 15 is 0 Å². The van der Waals surface area contributed by atoms with Crippen LogP contribution in [-0.4, -0.2) is 32.0 Å². The number of hydrogen-bond acceptors (Lipinski definition) is 3. The van der Waals surface area contributed by atoms with E-state index < -0.39 is 11.9 Å². The van der Waals surface area contributed by atoms with Crippen LogP contribution in [0, 0.1) is 6.92 Å². The Hall–Kier alpha value is -1.84. The fourth-order valence-electron chi connectivity index (χ4n) is 2.70. The molecule has 0 spiro atoms. The summed E-state index contributed by atoms with van der Waals surface area (Å²) in [5.74, 6) is -0.153. The molecular weight excluding hydrogens is 415 g/mol. The molecule has 1 saturated carbocycles. The van der Waals surface area contributed by atoms with Gasteiger partial charge in [0.25, 0.3) is 5.91 Å². The van der Waals surface area contributed by atoms with Crippen LogP contribution >= 0.6 is 15.9 Å². The summed E-state index contributed by atoms with van der Waals surface area (Å²) < 4.78 is 42.3. The van der Waals surface area contributed by atoms with E-state index in [1.54, 1.807) is 11.7 Å². The first kappa shape index (κ1) is 18.9. The Labute approximate surface area is 156 Å². The van der Waals surface area contributed by atoms with Gasteiger partial charge in [-0.25, -0.2) is 0 Å². The Morgan fingerprint density at radius 2 is 2.08 bits per heavy atom. The quantitative estimate of drug-likeness (QED) is 0.709. The van der Waals surface area contributed by atoms with Crippen LogP contribution < -0.4 is 5.32 Å². The SMILES string of the molecule is Cc1c(Br)c(C(=O)NCCCn2nc(C(F)(F)F)cc2C2CC2)nn1C. The molecule has 0 bridgehead atoms. The van der Waals surface area contributed by atoms with E-state index in [9.17, 15) is 18.0 Å². The summed E-state index contributed by atoms with van der Waals surface area (Å²) in [6.45, 7) is 2.49. The van der Waals surface area contributed by atoms with Crippen LogP contribution in [0.4, 0.5) is 13.2 Å². The maximum atomic E-state index is 12.9. The number of aromatic nitrogens is 4. The molecule has 2 aromatic rings. The number of carbonyl (C=O) groups excluding carboxylic acids is 1. The molecule has 0 unspecified atom stereocenters. The van der Waals surface area contributed by atoms with Gasteiger partial charge >= 0.3 is 6.18 Å². The third-order valence-electron chi connectivity index (χ3n) is 4.41. The lowest BCUT2D eigenvalue weighted by Gasteiger charge is -2.07. The van der Waals surface area contributed by atoms with Crippen LogP contribution in [0.5, 0.6) is 0 Å². The summed E-state index contributed by atoms with van der Waals surface area (Å²) in [4.78, 5) is 12.2. The van der Waals surface area contributed by atoms with Gasteiger partial charge in [-0.3, -0.25) is 14.2 Å². The molecule has 2 aromatic heterocycles. The molecule has 1 amide bonds. The Bertz CT molecular complexity index is 823. The normalized spacial score (nSPS) is 14.7. The zero-order chi connectivity index (χ0) is 19.1. The van der Waals surface area contributed by atoms with Gasteiger partial charge in [0.05, 0.1) is 10.2 Å². The van der Waals surface area contributed by atoms with E-state index in [1.807, 2.05) is 6.92 Å². The number of aryl methyl sites for hydroxylation is 2. The predicted octanol–water partition coefficient (Wildman–Crippen LogP) is 3.40. The van der Waals surface area contributed by atoms with Gasteiger partial charge in [0.15, 0.2) is 11.4 Å². The monoisotopic (exact) mass is 433 g/mol. The minimum Gasteiger partial charge on any atom is -0.351 e. The Balaban J connectivity index is 1.57. The second-order valence-electron chi connectivity index (χ2n) is 6.43. The minimum absolute atomic E-state index is 0.167. The highest BCUT2D eigenvalue weighted by molar-refractivity contribution is 9.10. The van der Waals surface area contributed by atoms with E-state index in [-0.39, 0.29) is 11.8 Å². The summed E-state index contributed by atoms with van der Waals surface area (Å²) in [5, 5.41) is 10.6. The smallest absolute Gasteiger partial charge is 0.351 e. The first-order valence-corrected chi connectivity index (χ1v) is 9.10. The molecule has 1 aliphatic carbocycles. The van der Waals surface area contributed by atoms with E-state index in [2.05, 4.69) is 31.4 Å².